The molecule has 1 atom stereocenters. The molecule has 0 aliphatic carbocycles. The summed E-state index contributed by atoms with van der Waals surface area (Å²) in [6, 6.07) is 7.05. The average molecular weight is 355 g/mol. The molecule has 3 rings (SSSR count). The van der Waals surface area contributed by atoms with Crippen LogP contribution >= 0.6 is 0 Å². The monoisotopic (exact) mass is 355 g/mol. The van der Waals surface area contributed by atoms with Gasteiger partial charge in [-0.3, -0.25) is 0 Å². The molecule has 8 nitrogen and oxygen atoms in total. The number of fused-ring (bicyclic) bond motifs is 1. The molecule has 0 fully saturated rings. The van der Waals surface area contributed by atoms with Gasteiger partial charge in [0.1, 0.15) is 5.82 Å². The first kappa shape index (κ1) is 17.7. The van der Waals surface area contributed by atoms with Gasteiger partial charge in [0.05, 0.1) is 7.11 Å². The molecule has 8 heteroatoms. The van der Waals surface area contributed by atoms with Crippen LogP contribution in [0.15, 0.2) is 29.1 Å². The highest BCUT2D eigenvalue weighted by atomic mass is 16.5. The molecule has 0 radical (unpaired) electrons. The second-order valence-electron chi connectivity index (χ2n) is 6.35. The molecule has 3 aromatic rings. The number of rotatable bonds is 4. The summed E-state index contributed by atoms with van der Waals surface area (Å²) in [5.74, 6) is 0.252. The normalized spacial score (nSPS) is 12.2. The molecule has 0 amide bonds. The molecule has 0 aliphatic heterocycles. The van der Waals surface area contributed by atoms with Crippen LogP contribution in [-0.4, -0.2) is 32.2 Å². The maximum Gasteiger partial charge on any atom is 0.352 e. The number of carbonyl (C=O) groups excluding carboxylic acids is 1. The van der Waals surface area contributed by atoms with Gasteiger partial charge in [-0.05, 0) is 51.0 Å². The number of aryl methyl sites for hydroxylation is 3. The molecule has 1 N–H and O–H groups in total. The number of esters is 1. The molecule has 1 aromatic carbocycles. The number of ether oxygens (including phenoxy) is 1. The summed E-state index contributed by atoms with van der Waals surface area (Å²) in [6.45, 7) is 7.40. The molecule has 0 bridgehead atoms. The van der Waals surface area contributed by atoms with Crippen LogP contribution in [0.5, 0.6) is 0 Å². The highest BCUT2D eigenvalue weighted by molar-refractivity contribution is 5.73. The lowest BCUT2D eigenvalue weighted by Crippen LogP contribution is -2.29. The fourth-order valence-electron chi connectivity index (χ4n) is 2.94. The van der Waals surface area contributed by atoms with E-state index in [2.05, 4.69) is 21.5 Å². The van der Waals surface area contributed by atoms with E-state index in [9.17, 15) is 9.59 Å². The van der Waals surface area contributed by atoms with E-state index in [0.29, 0.717) is 11.5 Å². The Morgan fingerprint density at radius 1 is 1.15 bits per heavy atom. The molecule has 0 aliphatic rings. The van der Waals surface area contributed by atoms with Crippen molar-refractivity contribution in [1.82, 2.24) is 19.2 Å². The van der Waals surface area contributed by atoms with Crippen LogP contribution in [0.3, 0.4) is 0 Å². The van der Waals surface area contributed by atoms with Gasteiger partial charge < -0.3 is 10.1 Å². The fourth-order valence-corrected chi connectivity index (χ4v) is 2.94. The van der Waals surface area contributed by atoms with Crippen LogP contribution in [0, 0.1) is 20.8 Å². The lowest BCUT2D eigenvalue weighted by Gasteiger charge is -2.09. The number of hydrogen-bond acceptors (Lipinski definition) is 6. The summed E-state index contributed by atoms with van der Waals surface area (Å²) >= 11 is 0. The van der Waals surface area contributed by atoms with Crippen molar-refractivity contribution in [2.24, 2.45) is 0 Å². The summed E-state index contributed by atoms with van der Waals surface area (Å²) in [4.78, 5) is 28.7. The molecule has 1 unspecified atom stereocenters. The van der Waals surface area contributed by atoms with Crippen molar-refractivity contribution in [3.63, 3.8) is 0 Å². The maximum atomic E-state index is 12.6. The van der Waals surface area contributed by atoms with Gasteiger partial charge in [-0.15, -0.1) is 5.10 Å². The summed E-state index contributed by atoms with van der Waals surface area (Å²) in [7, 11) is 1.27. The Bertz CT molecular complexity index is 1030. The zero-order chi connectivity index (χ0) is 19.0. The minimum Gasteiger partial charge on any atom is -0.467 e. The molecular formula is C18H21N5O3. The number of anilines is 2. The molecular weight excluding hydrogens is 334 g/mol. The molecule has 2 aromatic heterocycles. The van der Waals surface area contributed by atoms with E-state index in [0.717, 1.165) is 21.5 Å². The summed E-state index contributed by atoms with van der Waals surface area (Å²) < 4.78 is 7.14. The van der Waals surface area contributed by atoms with Crippen LogP contribution in [-0.2, 0) is 9.53 Å². The Hall–Kier alpha value is -3.16. The van der Waals surface area contributed by atoms with Gasteiger partial charge in [0, 0.05) is 17.4 Å². The smallest absolute Gasteiger partial charge is 0.352 e. The van der Waals surface area contributed by atoms with Crippen molar-refractivity contribution in [1.29, 1.82) is 0 Å². The van der Waals surface area contributed by atoms with E-state index in [4.69, 9.17) is 4.74 Å². The van der Waals surface area contributed by atoms with Crippen LogP contribution in [0.4, 0.5) is 11.5 Å². The van der Waals surface area contributed by atoms with Crippen LogP contribution in [0.2, 0.25) is 0 Å². The first-order chi connectivity index (χ1) is 12.3. The fraction of sp³-hybridized carbons (Fsp3) is 0.333. The van der Waals surface area contributed by atoms with Crippen molar-refractivity contribution in [3.8, 4) is 0 Å². The quantitative estimate of drug-likeness (QED) is 0.722. The summed E-state index contributed by atoms with van der Waals surface area (Å²) in [6.07, 6.45) is 0. The van der Waals surface area contributed by atoms with Crippen molar-refractivity contribution in [2.75, 3.05) is 12.4 Å². The minimum atomic E-state index is -0.829. The van der Waals surface area contributed by atoms with Crippen LogP contribution in [0.25, 0.3) is 5.78 Å². The molecule has 0 saturated carbocycles. The minimum absolute atomic E-state index is 0.220. The zero-order valence-electron chi connectivity index (χ0n) is 15.4. The molecule has 0 spiro atoms. The average Bonchev–Trinajstić information content (AvgIpc) is 2.89. The number of nitrogens with zero attached hydrogens (tertiary/aromatic N) is 4. The Morgan fingerprint density at radius 2 is 1.81 bits per heavy atom. The molecule has 26 heavy (non-hydrogen) atoms. The number of nitrogens with one attached hydrogen (secondary N) is 1. The van der Waals surface area contributed by atoms with Gasteiger partial charge in [-0.1, -0.05) is 6.07 Å². The predicted molar refractivity (Wildman–Crippen MR) is 97.9 cm³/mol. The number of benzene rings is 1. The number of methoxy groups -OCH3 is 1. The van der Waals surface area contributed by atoms with E-state index >= 15 is 0 Å². The van der Waals surface area contributed by atoms with Gasteiger partial charge in [0.15, 0.2) is 6.04 Å². The van der Waals surface area contributed by atoms with Crippen LogP contribution in [0.1, 0.15) is 29.8 Å². The Kier molecular flexibility index (Phi) is 4.50. The van der Waals surface area contributed by atoms with Gasteiger partial charge in [0.25, 0.3) is 5.78 Å². The Balaban J connectivity index is 2.05. The number of carbonyl (C=O) groups is 1. The molecule has 136 valence electrons. The third-order valence-electron chi connectivity index (χ3n) is 4.11. The zero-order valence-corrected chi connectivity index (χ0v) is 15.4. The highest BCUT2D eigenvalue weighted by Crippen LogP contribution is 2.19. The van der Waals surface area contributed by atoms with Gasteiger partial charge in [0.2, 0.25) is 0 Å². The maximum absolute atomic E-state index is 12.6. The van der Waals surface area contributed by atoms with Crippen molar-refractivity contribution >= 4 is 23.3 Å². The summed E-state index contributed by atoms with van der Waals surface area (Å²) in [5.41, 5.74) is 3.41. The van der Waals surface area contributed by atoms with Gasteiger partial charge in [-0.25, -0.2) is 14.0 Å². The lowest BCUT2D eigenvalue weighted by atomic mass is 10.1. The number of aromatic nitrogens is 4. The van der Waals surface area contributed by atoms with Crippen molar-refractivity contribution in [2.45, 2.75) is 33.7 Å². The topological polar surface area (TPSA) is 90.5 Å². The SMILES string of the molecule is COC(=O)C(C)n1nc2nc(Nc3cc(C)cc(C)c3)cc(C)n2c1=O. The van der Waals surface area contributed by atoms with E-state index in [1.165, 1.54) is 11.5 Å². The van der Waals surface area contributed by atoms with Crippen molar-refractivity contribution < 1.29 is 9.53 Å². The standard InChI is InChI=1S/C18H21N5O3/c1-10-6-11(2)8-14(7-10)19-15-9-12(3)22-17(20-15)21-23(18(22)25)13(4)16(24)26-5/h6-9,13H,1-5H3,(H,19,20,21). The van der Waals surface area contributed by atoms with Crippen molar-refractivity contribution in [3.05, 3.63) is 51.6 Å². The number of hydrogen-bond donors (Lipinski definition) is 1. The third-order valence-corrected chi connectivity index (χ3v) is 4.11. The molecule has 2 heterocycles. The van der Waals surface area contributed by atoms with E-state index in [1.807, 2.05) is 26.0 Å². The third kappa shape index (κ3) is 3.17. The van der Waals surface area contributed by atoms with E-state index < -0.39 is 17.7 Å². The van der Waals surface area contributed by atoms with Gasteiger partial charge >= 0.3 is 11.7 Å². The lowest BCUT2D eigenvalue weighted by molar-refractivity contribution is -0.144. The van der Waals surface area contributed by atoms with Gasteiger partial charge in [-0.2, -0.15) is 9.67 Å². The largest absolute Gasteiger partial charge is 0.467 e. The highest BCUT2D eigenvalue weighted by Gasteiger charge is 2.22. The van der Waals surface area contributed by atoms with E-state index in [-0.39, 0.29) is 5.78 Å². The Labute approximate surface area is 150 Å². The summed E-state index contributed by atoms with van der Waals surface area (Å²) in [5, 5.41) is 7.44. The first-order valence-corrected chi connectivity index (χ1v) is 8.22. The van der Waals surface area contributed by atoms with E-state index in [1.54, 1.807) is 19.9 Å². The van der Waals surface area contributed by atoms with Crippen LogP contribution < -0.4 is 11.0 Å². The predicted octanol–water partition coefficient (Wildman–Crippen LogP) is 2.29. The Morgan fingerprint density at radius 3 is 2.42 bits per heavy atom. The molecule has 0 saturated heterocycles. The first-order valence-electron chi connectivity index (χ1n) is 8.22. The second-order valence-corrected chi connectivity index (χ2v) is 6.35. The second kappa shape index (κ2) is 6.62.